The molecule has 2 N–H and O–H groups in total. The highest BCUT2D eigenvalue weighted by atomic mass is 16.4. The third-order valence-corrected chi connectivity index (χ3v) is 3.76. The minimum absolute atomic E-state index is 0.143. The molecule has 2 fully saturated rings. The van der Waals surface area contributed by atoms with Crippen LogP contribution >= 0.6 is 0 Å². The molecule has 0 aromatic rings. The lowest BCUT2D eigenvalue weighted by atomic mass is 9.69. The number of carbonyl (C=O) groups is 2. The van der Waals surface area contributed by atoms with Crippen LogP contribution in [-0.2, 0) is 4.79 Å². The molecule has 5 nitrogen and oxygen atoms in total. The van der Waals surface area contributed by atoms with Gasteiger partial charge in [0.2, 0.25) is 0 Å². The zero-order valence-electron chi connectivity index (χ0n) is 9.53. The molecule has 0 atom stereocenters. The highest BCUT2D eigenvalue weighted by Crippen LogP contribution is 2.40. The van der Waals surface area contributed by atoms with Crippen molar-refractivity contribution in [1.29, 1.82) is 0 Å². The Labute approximate surface area is 94.8 Å². The predicted molar refractivity (Wildman–Crippen MR) is 58.1 cm³/mol. The lowest BCUT2D eigenvalue weighted by Crippen LogP contribution is -2.50. The standard InChI is InChI=1S/C11H18N2O3/c1-13(8-3-4-8)10(16)12-7-11(9(14)15)5-2-6-11/h8H,2-7H2,1H3,(H,12,16)(H,14,15). The zero-order chi connectivity index (χ0) is 11.8. The van der Waals surface area contributed by atoms with E-state index >= 15 is 0 Å². The Morgan fingerprint density at radius 3 is 2.44 bits per heavy atom. The van der Waals surface area contributed by atoms with E-state index in [1.165, 1.54) is 0 Å². The molecular weight excluding hydrogens is 208 g/mol. The van der Waals surface area contributed by atoms with Gasteiger partial charge in [0.1, 0.15) is 0 Å². The quantitative estimate of drug-likeness (QED) is 0.752. The van der Waals surface area contributed by atoms with Gasteiger partial charge in [0.15, 0.2) is 0 Å². The molecule has 0 unspecified atom stereocenters. The fourth-order valence-electron chi connectivity index (χ4n) is 2.07. The molecule has 90 valence electrons. The van der Waals surface area contributed by atoms with Crippen molar-refractivity contribution in [3.8, 4) is 0 Å². The maximum Gasteiger partial charge on any atom is 0.317 e. The lowest BCUT2D eigenvalue weighted by Gasteiger charge is -2.37. The maximum absolute atomic E-state index is 11.7. The summed E-state index contributed by atoms with van der Waals surface area (Å²) in [5, 5.41) is 11.8. The number of hydrogen-bond acceptors (Lipinski definition) is 2. The summed E-state index contributed by atoms with van der Waals surface area (Å²) < 4.78 is 0. The first-order chi connectivity index (χ1) is 7.55. The summed E-state index contributed by atoms with van der Waals surface area (Å²) in [5.74, 6) is -0.784. The summed E-state index contributed by atoms with van der Waals surface area (Å²) in [4.78, 5) is 24.4. The summed E-state index contributed by atoms with van der Waals surface area (Å²) in [6, 6.07) is 0.220. The van der Waals surface area contributed by atoms with E-state index in [1.54, 1.807) is 11.9 Å². The largest absolute Gasteiger partial charge is 0.481 e. The number of carboxylic acids is 1. The molecule has 2 amide bonds. The van der Waals surface area contributed by atoms with Gasteiger partial charge < -0.3 is 15.3 Å². The van der Waals surface area contributed by atoms with Gasteiger partial charge in [0.05, 0.1) is 5.41 Å². The molecule has 16 heavy (non-hydrogen) atoms. The molecule has 0 radical (unpaired) electrons. The van der Waals surface area contributed by atoms with Crippen LogP contribution in [-0.4, -0.2) is 41.6 Å². The number of carboxylic acid groups (broad SMARTS) is 1. The average Bonchev–Trinajstić information content (AvgIpc) is 2.97. The minimum Gasteiger partial charge on any atom is -0.481 e. The maximum atomic E-state index is 11.7. The van der Waals surface area contributed by atoms with Crippen LogP contribution in [0.2, 0.25) is 0 Å². The second kappa shape index (κ2) is 3.96. The number of nitrogens with one attached hydrogen (secondary N) is 1. The van der Waals surface area contributed by atoms with Gasteiger partial charge in [-0.1, -0.05) is 6.42 Å². The second-order valence-electron chi connectivity index (χ2n) is 4.94. The molecule has 2 rings (SSSR count). The Bertz CT molecular complexity index is 308. The molecule has 0 aliphatic heterocycles. The van der Waals surface area contributed by atoms with Gasteiger partial charge in [-0.05, 0) is 25.7 Å². The van der Waals surface area contributed by atoms with Crippen LogP contribution in [0.15, 0.2) is 0 Å². The topological polar surface area (TPSA) is 69.6 Å². The number of amides is 2. The van der Waals surface area contributed by atoms with Gasteiger partial charge in [-0.3, -0.25) is 4.79 Å². The van der Waals surface area contributed by atoms with Crippen LogP contribution in [0.3, 0.4) is 0 Å². The van der Waals surface area contributed by atoms with Gasteiger partial charge in [-0.15, -0.1) is 0 Å². The first-order valence-electron chi connectivity index (χ1n) is 5.79. The van der Waals surface area contributed by atoms with E-state index in [2.05, 4.69) is 5.32 Å². The van der Waals surface area contributed by atoms with Gasteiger partial charge >= 0.3 is 12.0 Å². The monoisotopic (exact) mass is 226 g/mol. The Balaban J connectivity index is 1.81. The van der Waals surface area contributed by atoms with Gasteiger partial charge in [-0.25, -0.2) is 4.79 Å². The van der Waals surface area contributed by atoms with E-state index in [9.17, 15) is 9.59 Å². The van der Waals surface area contributed by atoms with Crippen LogP contribution in [0.4, 0.5) is 4.79 Å². The number of rotatable bonds is 4. The summed E-state index contributed by atoms with van der Waals surface area (Å²) >= 11 is 0. The molecule has 2 aliphatic rings. The van der Waals surface area contributed by atoms with E-state index in [4.69, 9.17) is 5.11 Å². The minimum atomic E-state index is -0.784. The zero-order valence-corrected chi connectivity index (χ0v) is 9.53. The normalized spacial score (nSPS) is 22.1. The van der Waals surface area contributed by atoms with E-state index in [0.29, 0.717) is 18.9 Å². The lowest BCUT2D eigenvalue weighted by molar-refractivity contribution is -0.153. The Hall–Kier alpha value is -1.26. The van der Waals surface area contributed by atoms with Crippen LogP contribution in [0.1, 0.15) is 32.1 Å². The smallest absolute Gasteiger partial charge is 0.317 e. The van der Waals surface area contributed by atoms with E-state index < -0.39 is 11.4 Å². The summed E-state index contributed by atoms with van der Waals surface area (Å²) in [6.45, 7) is 0.262. The van der Waals surface area contributed by atoms with Gasteiger partial charge in [-0.2, -0.15) is 0 Å². The summed E-state index contributed by atoms with van der Waals surface area (Å²) in [6.07, 6.45) is 4.42. The molecule has 0 spiro atoms. The predicted octanol–water partition coefficient (Wildman–Crippen LogP) is 1.05. The highest BCUT2D eigenvalue weighted by molar-refractivity contribution is 5.79. The van der Waals surface area contributed by atoms with Crippen molar-refractivity contribution in [3.63, 3.8) is 0 Å². The fourth-order valence-corrected chi connectivity index (χ4v) is 2.07. The molecule has 2 aliphatic carbocycles. The first-order valence-corrected chi connectivity index (χ1v) is 5.79. The van der Waals surface area contributed by atoms with Crippen LogP contribution in [0.5, 0.6) is 0 Å². The Morgan fingerprint density at radius 1 is 1.44 bits per heavy atom. The molecule has 5 heteroatoms. The van der Waals surface area contributed by atoms with E-state index in [-0.39, 0.29) is 12.6 Å². The SMILES string of the molecule is CN(C(=O)NCC1(C(=O)O)CCC1)C1CC1. The molecule has 0 bridgehead atoms. The summed E-state index contributed by atoms with van der Waals surface area (Å²) in [7, 11) is 1.77. The number of nitrogens with zero attached hydrogens (tertiary/aromatic N) is 1. The number of hydrogen-bond donors (Lipinski definition) is 2. The summed E-state index contributed by atoms with van der Waals surface area (Å²) in [5.41, 5.74) is -0.694. The molecule has 0 aromatic carbocycles. The van der Waals surface area contributed by atoms with Crippen LogP contribution in [0, 0.1) is 5.41 Å². The van der Waals surface area contributed by atoms with Crippen molar-refractivity contribution >= 4 is 12.0 Å². The van der Waals surface area contributed by atoms with Crippen molar-refractivity contribution in [2.24, 2.45) is 5.41 Å². The van der Waals surface area contributed by atoms with E-state index in [0.717, 1.165) is 19.3 Å². The fraction of sp³-hybridized carbons (Fsp3) is 0.818. The third-order valence-electron chi connectivity index (χ3n) is 3.76. The van der Waals surface area contributed by atoms with Crippen LogP contribution in [0.25, 0.3) is 0 Å². The van der Waals surface area contributed by atoms with Crippen LogP contribution < -0.4 is 5.32 Å². The molecule has 0 saturated heterocycles. The van der Waals surface area contributed by atoms with Crippen molar-refractivity contribution in [2.45, 2.75) is 38.1 Å². The van der Waals surface area contributed by atoms with Crippen molar-refractivity contribution in [1.82, 2.24) is 10.2 Å². The van der Waals surface area contributed by atoms with Crippen molar-refractivity contribution in [2.75, 3.05) is 13.6 Å². The molecular formula is C11H18N2O3. The van der Waals surface area contributed by atoms with Crippen molar-refractivity contribution < 1.29 is 14.7 Å². The van der Waals surface area contributed by atoms with E-state index in [1.807, 2.05) is 0 Å². The number of urea groups is 1. The third kappa shape index (κ3) is 1.99. The average molecular weight is 226 g/mol. The first kappa shape index (κ1) is 11.2. The highest BCUT2D eigenvalue weighted by Gasteiger charge is 2.44. The molecule has 0 heterocycles. The molecule has 0 aromatic heterocycles. The molecule has 2 saturated carbocycles. The second-order valence-corrected chi connectivity index (χ2v) is 4.94. The number of aliphatic carboxylic acids is 1. The number of carbonyl (C=O) groups excluding carboxylic acids is 1. The Kier molecular flexibility index (Phi) is 2.78. The van der Waals surface area contributed by atoms with Gasteiger partial charge in [0.25, 0.3) is 0 Å². The van der Waals surface area contributed by atoms with Gasteiger partial charge in [0, 0.05) is 19.6 Å². The Morgan fingerprint density at radius 2 is 2.06 bits per heavy atom. The van der Waals surface area contributed by atoms with Crippen molar-refractivity contribution in [3.05, 3.63) is 0 Å².